The highest BCUT2D eigenvalue weighted by Crippen LogP contribution is 2.19. The Morgan fingerprint density at radius 1 is 1.31 bits per heavy atom. The lowest BCUT2D eigenvalue weighted by molar-refractivity contribution is 0.187. The number of piperidine rings is 1. The summed E-state index contributed by atoms with van der Waals surface area (Å²) in [6.45, 7) is 3.92. The molecule has 0 amide bonds. The van der Waals surface area contributed by atoms with Crippen molar-refractivity contribution in [2.45, 2.75) is 19.3 Å². The summed E-state index contributed by atoms with van der Waals surface area (Å²) in [5.41, 5.74) is 0. The molecule has 1 rings (SSSR count). The highest BCUT2D eigenvalue weighted by atomic mass is 32.2. The lowest BCUT2D eigenvalue weighted by Crippen LogP contribution is -2.37. The van der Waals surface area contributed by atoms with Crippen LogP contribution in [0.4, 0.5) is 0 Å². The Labute approximate surface area is 99.3 Å². The molecule has 0 radical (unpaired) electrons. The molecule has 0 saturated carbocycles. The predicted octanol–water partition coefficient (Wildman–Crippen LogP) is 0.353. The molecule has 5 heteroatoms. The van der Waals surface area contributed by atoms with Crippen molar-refractivity contribution in [3.05, 3.63) is 0 Å². The van der Waals surface area contributed by atoms with Crippen molar-refractivity contribution in [2.24, 2.45) is 5.92 Å². The molecule has 1 N–H and O–H groups in total. The van der Waals surface area contributed by atoms with Crippen molar-refractivity contribution in [2.75, 3.05) is 45.2 Å². The van der Waals surface area contributed by atoms with E-state index in [0.29, 0.717) is 12.3 Å². The average Bonchev–Trinajstić information content (AvgIpc) is 2.24. The van der Waals surface area contributed by atoms with E-state index in [9.17, 15) is 8.42 Å². The zero-order valence-corrected chi connectivity index (χ0v) is 11.2. The fraction of sp³-hybridized carbons (Fsp3) is 1.00. The number of sulfone groups is 1. The van der Waals surface area contributed by atoms with Crippen molar-refractivity contribution < 1.29 is 8.42 Å². The van der Waals surface area contributed by atoms with Gasteiger partial charge in [0, 0.05) is 12.8 Å². The molecule has 0 unspecified atom stereocenters. The van der Waals surface area contributed by atoms with Gasteiger partial charge in [0.25, 0.3) is 0 Å². The average molecular weight is 248 g/mol. The van der Waals surface area contributed by atoms with Gasteiger partial charge in [-0.25, -0.2) is 8.42 Å². The van der Waals surface area contributed by atoms with Crippen LogP contribution in [0.15, 0.2) is 0 Å². The maximum Gasteiger partial charge on any atom is 0.148 e. The monoisotopic (exact) mass is 248 g/mol. The molecule has 96 valence electrons. The fourth-order valence-corrected chi connectivity index (χ4v) is 2.73. The zero-order chi connectivity index (χ0) is 12.0. The molecule has 16 heavy (non-hydrogen) atoms. The van der Waals surface area contributed by atoms with E-state index in [-0.39, 0.29) is 0 Å². The Morgan fingerprint density at radius 2 is 1.94 bits per heavy atom. The van der Waals surface area contributed by atoms with Gasteiger partial charge in [-0.1, -0.05) is 0 Å². The van der Waals surface area contributed by atoms with Crippen LogP contribution in [0.1, 0.15) is 19.3 Å². The first-order valence-electron chi connectivity index (χ1n) is 6.06. The maximum atomic E-state index is 11.0. The topological polar surface area (TPSA) is 49.4 Å². The van der Waals surface area contributed by atoms with Gasteiger partial charge in [0.05, 0.1) is 5.75 Å². The van der Waals surface area contributed by atoms with Crippen LogP contribution in [0.2, 0.25) is 0 Å². The molecule has 0 spiro atoms. The first kappa shape index (κ1) is 13.9. The lowest BCUT2D eigenvalue weighted by Gasteiger charge is -2.31. The second-order valence-corrected chi connectivity index (χ2v) is 7.07. The zero-order valence-electron chi connectivity index (χ0n) is 10.4. The van der Waals surface area contributed by atoms with Crippen LogP contribution in [-0.4, -0.2) is 58.6 Å². The second-order valence-electron chi connectivity index (χ2n) is 4.81. The summed E-state index contributed by atoms with van der Waals surface area (Å²) < 4.78 is 22.1. The summed E-state index contributed by atoms with van der Waals surface area (Å²) in [5.74, 6) is 1.12. The first-order chi connectivity index (χ1) is 7.51. The minimum absolute atomic E-state index is 0.300. The SMILES string of the molecule is CNCCC1CCN(CCS(C)(=O)=O)CC1. The van der Waals surface area contributed by atoms with Gasteiger partial charge in [0.1, 0.15) is 9.84 Å². The number of nitrogens with zero attached hydrogens (tertiary/aromatic N) is 1. The Bertz CT molecular complexity index is 282. The van der Waals surface area contributed by atoms with E-state index in [4.69, 9.17) is 0 Å². The summed E-state index contributed by atoms with van der Waals surface area (Å²) in [5, 5.41) is 3.18. The molecule has 1 saturated heterocycles. The van der Waals surface area contributed by atoms with Gasteiger partial charge in [-0.05, 0) is 51.9 Å². The highest BCUT2D eigenvalue weighted by molar-refractivity contribution is 7.90. The summed E-state index contributed by atoms with van der Waals surface area (Å²) in [6, 6.07) is 0. The van der Waals surface area contributed by atoms with Gasteiger partial charge in [0.15, 0.2) is 0 Å². The van der Waals surface area contributed by atoms with Crippen molar-refractivity contribution in [3.63, 3.8) is 0 Å². The van der Waals surface area contributed by atoms with Crippen molar-refractivity contribution in [1.82, 2.24) is 10.2 Å². The summed E-state index contributed by atoms with van der Waals surface area (Å²) in [4.78, 5) is 2.27. The van der Waals surface area contributed by atoms with E-state index in [2.05, 4.69) is 10.2 Å². The summed E-state index contributed by atoms with van der Waals surface area (Å²) in [7, 11) is -0.816. The number of nitrogens with one attached hydrogen (secondary N) is 1. The van der Waals surface area contributed by atoms with E-state index < -0.39 is 9.84 Å². The molecule has 0 bridgehead atoms. The number of likely N-dealkylation sites (tertiary alicyclic amines) is 1. The Hall–Kier alpha value is -0.130. The number of hydrogen-bond acceptors (Lipinski definition) is 4. The molecule has 1 heterocycles. The molecule has 0 aromatic carbocycles. The van der Waals surface area contributed by atoms with Crippen LogP contribution in [0.5, 0.6) is 0 Å². The van der Waals surface area contributed by atoms with Crippen LogP contribution < -0.4 is 5.32 Å². The van der Waals surface area contributed by atoms with Crippen LogP contribution in [0.25, 0.3) is 0 Å². The summed E-state index contributed by atoms with van der Waals surface area (Å²) in [6.07, 6.45) is 4.99. The van der Waals surface area contributed by atoms with Crippen molar-refractivity contribution >= 4 is 9.84 Å². The molecule has 1 aliphatic rings. The Kier molecular flexibility index (Phi) is 5.72. The normalized spacial score (nSPS) is 20.1. The molecule has 1 aliphatic heterocycles. The molecule has 0 aromatic rings. The van der Waals surface area contributed by atoms with Gasteiger partial charge in [-0.3, -0.25) is 0 Å². The quantitative estimate of drug-likeness (QED) is 0.737. The van der Waals surface area contributed by atoms with E-state index in [1.165, 1.54) is 25.5 Å². The Balaban J connectivity index is 2.17. The largest absolute Gasteiger partial charge is 0.320 e. The minimum atomic E-state index is -2.80. The molecule has 0 aliphatic carbocycles. The van der Waals surface area contributed by atoms with Crippen molar-refractivity contribution in [1.29, 1.82) is 0 Å². The number of hydrogen-bond donors (Lipinski definition) is 1. The predicted molar refractivity (Wildman–Crippen MR) is 67.4 cm³/mol. The third-order valence-corrected chi connectivity index (χ3v) is 4.21. The second kappa shape index (κ2) is 6.57. The molecule has 0 atom stereocenters. The molecular weight excluding hydrogens is 224 g/mol. The van der Waals surface area contributed by atoms with Crippen LogP contribution >= 0.6 is 0 Å². The summed E-state index contributed by atoms with van der Waals surface area (Å²) >= 11 is 0. The minimum Gasteiger partial charge on any atom is -0.320 e. The first-order valence-corrected chi connectivity index (χ1v) is 8.12. The highest BCUT2D eigenvalue weighted by Gasteiger charge is 2.19. The van der Waals surface area contributed by atoms with E-state index >= 15 is 0 Å². The van der Waals surface area contributed by atoms with Gasteiger partial charge in [-0.2, -0.15) is 0 Å². The van der Waals surface area contributed by atoms with Gasteiger partial charge < -0.3 is 10.2 Å². The van der Waals surface area contributed by atoms with Crippen LogP contribution in [0.3, 0.4) is 0 Å². The van der Waals surface area contributed by atoms with Crippen molar-refractivity contribution in [3.8, 4) is 0 Å². The van der Waals surface area contributed by atoms with E-state index in [0.717, 1.165) is 25.6 Å². The standard InChI is InChI=1S/C11H24N2O2S/c1-12-6-3-11-4-7-13(8-5-11)9-10-16(2,14)15/h11-12H,3-10H2,1-2H3. The third kappa shape index (κ3) is 5.82. The Morgan fingerprint density at radius 3 is 2.44 bits per heavy atom. The number of rotatable bonds is 6. The van der Waals surface area contributed by atoms with Gasteiger partial charge in [-0.15, -0.1) is 0 Å². The lowest BCUT2D eigenvalue weighted by atomic mass is 9.94. The van der Waals surface area contributed by atoms with Crippen LogP contribution in [0, 0.1) is 5.92 Å². The van der Waals surface area contributed by atoms with Gasteiger partial charge in [0.2, 0.25) is 0 Å². The molecule has 0 aromatic heterocycles. The molecule has 1 fully saturated rings. The van der Waals surface area contributed by atoms with Crippen LogP contribution in [-0.2, 0) is 9.84 Å². The van der Waals surface area contributed by atoms with E-state index in [1.54, 1.807) is 0 Å². The van der Waals surface area contributed by atoms with E-state index in [1.807, 2.05) is 7.05 Å². The third-order valence-electron chi connectivity index (χ3n) is 3.29. The van der Waals surface area contributed by atoms with Gasteiger partial charge >= 0.3 is 0 Å². The smallest absolute Gasteiger partial charge is 0.148 e. The fourth-order valence-electron chi connectivity index (χ4n) is 2.14. The molecule has 4 nitrogen and oxygen atoms in total. The molecular formula is C11H24N2O2S. The maximum absolute atomic E-state index is 11.0.